The van der Waals surface area contributed by atoms with E-state index in [2.05, 4.69) is 16.4 Å². The van der Waals surface area contributed by atoms with E-state index in [1.54, 1.807) is 35.7 Å². The fourth-order valence-electron chi connectivity index (χ4n) is 1.44. The Kier molecular flexibility index (Phi) is 3.97. The van der Waals surface area contributed by atoms with Crippen LogP contribution in [0.3, 0.4) is 0 Å². The molecule has 0 aliphatic rings. The van der Waals surface area contributed by atoms with Crippen molar-refractivity contribution in [3.05, 3.63) is 45.4 Å². The molecule has 0 unspecified atom stereocenters. The van der Waals surface area contributed by atoms with Gasteiger partial charge in [-0.05, 0) is 18.2 Å². The van der Waals surface area contributed by atoms with E-state index in [0.717, 1.165) is 23.7 Å². The maximum atomic E-state index is 8.95. The van der Waals surface area contributed by atoms with E-state index in [-0.39, 0.29) is 0 Å². The van der Waals surface area contributed by atoms with Gasteiger partial charge in [-0.15, -0.1) is 11.3 Å². The molecule has 2 rings (SSSR count). The number of nitrogens with zero attached hydrogens (tertiary/aromatic N) is 2. The third-order valence-corrected chi connectivity index (χ3v) is 3.31. The van der Waals surface area contributed by atoms with Crippen molar-refractivity contribution >= 4 is 28.6 Å². The van der Waals surface area contributed by atoms with Crippen molar-refractivity contribution in [3.8, 4) is 6.07 Å². The Morgan fingerprint density at radius 1 is 1.47 bits per heavy atom. The van der Waals surface area contributed by atoms with E-state index in [1.165, 1.54) is 0 Å². The summed E-state index contributed by atoms with van der Waals surface area (Å²) in [6, 6.07) is 7.33. The van der Waals surface area contributed by atoms with Crippen LogP contribution >= 0.6 is 22.9 Å². The molecule has 0 fully saturated rings. The van der Waals surface area contributed by atoms with Crippen molar-refractivity contribution < 1.29 is 0 Å². The molecule has 1 aromatic heterocycles. The molecule has 86 valence electrons. The van der Waals surface area contributed by atoms with Crippen LogP contribution in [0.25, 0.3) is 0 Å². The summed E-state index contributed by atoms with van der Waals surface area (Å²) >= 11 is 7.52. The van der Waals surface area contributed by atoms with Crippen LogP contribution in [0.15, 0.2) is 29.8 Å². The molecule has 1 aromatic carbocycles. The van der Waals surface area contributed by atoms with Gasteiger partial charge in [0, 0.05) is 29.6 Å². The summed E-state index contributed by atoms with van der Waals surface area (Å²) in [7, 11) is 0. The minimum atomic E-state index is 0.605. The second-order valence-electron chi connectivity index (χ2n) is 3.40. The van der Waals surface area contributed by atoms with Gasteiger partial charge in [-0.2, -0.15) is 5.26 Å². The Morgan fingerprint density at radius 3 is 3.06 bits per heavy atom. The molecule has 0 saturated carbocycles. The standard InChI is InChI=1S/C12H10ClN3S/c13-10-2-1-9(8-14)11(7-10)15-4-3-12-16-5-6-17-12/h1-2,5-7,15H,3-4H2. The lowest BCUT2D eigenvalue weighted by Gasteiger charge is -2.07. The van der Waals surface area contributed by atoms with Gasteiger partial charge >= 0.3 is 0 Å². The van der Waals surface area contributed by atoms with Crippen molar-refractivity contribution in [2.45, 2.75) is 6.42 Å². The van der Waals surface area contributed by atoms with Crippen LogP contribution in [0.4, 0.5) is 5.69 Å². The van der Waals surface area contributed by atoms with Gasteiger partial charge in [0.15, 0.2) is 0 Å². The Morgan fingerprint density at radius 2 is 2.35 bits per heavy atom. The summed E-state index contributed by atoms with van der Waals surface area (Å²) in [6.07, 6.45) is 2.63. The lowest BCUT2D eigenvalue weighted by Crippen LogP contribution is -2.05. The minimum absolute atomic E-state index is 0.605. The monoisotopic (exact) mass is 263 g/mol. The summed E-state index contributed by atoms with van der Waals surface area (Å²) in [5.74, 6) is 0. The quantitative estimate of drug-likeness (QED) is 0.921. The number of benzene rings is 1. The van der Waals surface area contributed by atoms with Crippen LogP contribution in [0, 0.1) is 11.3 Å². The third-order valence-electron chi connectivity index (χ3n) is 2.24. The Labute approximate surface area is 109 Å². The number of nitrogens with one attached hydrogen (secondary N) is 1. The van der Waals surface area contributed by atoms with Crippen LogP contribution in [-0.4, -0.2) is 11.5 Å². The van der Waals surface area contributed by atoms with Crippen molar-refractivity contribution in [1.82, 2.24) is 4.98 Å². The maximum Gasteiger partial charge on any atom is 0.101 e. The smallest absolute Gasteiger partial charge is 0.101 e. The second kappa shape index (κ2) is 5.67. The van der Waals surface area contributed by atoms with Crippen molar-refractivity contribution in [3.63, 3.8) is 0 Å². The molecule has 0 spiro atoms. The zero-order valence-corrected chi connectivity index (χ0v) is 10.6. The van der Waals surface area contributed by atoms with Crippen molar-refractivity contribution in [2.24, 2.45) is 0 Å². The number of halogens is 1. The average Bonchev–Trinajstić information content (AvgIpc) is 2.82. The number of hydrogen-bond acceptors (Lipinski definition) is 4. The minimum Gasteiger partial charge on any atom is -0.384 e. The predicted molar refractivity (Wildman–Crippen MR) is 70.5 cm³/mol. The number of hydrogen-bond donors (Lipinski definition) is 1. The summed E-state index contributed by atoms with van der Waals surface area (Å²) in [6.45, 7) is 0.739. The van der Waals surface area contributed by atoms with Crippen LogP contribution in [0.5, 0.6) is 0 Å². The first-order chi connectivity index (χ1) is 8.29. The molecule has 2 aromatic rings. The SMILES string of the molecule is N#Cc1ccc(Cl)cc1NCCc1nccs1. The van der Waals surface area contributed by atoms with Crippen LogP contribution in [0.2, 0.25) is 5.02 Å². The topological polar surface area (TPSA) is 48.7 Å². The normalized spacial score (nSPS) is 9.88. The van der Waals surface area contributed by atoms with Crippen molar-refractivity contribution in [1.29, 1.82) is 5.26 Å². The zero-order valence-electron chi connectivity index (χ0n) is 8.98. The number of rotatable bonds is 4. The van der Waals surface area contributed by atoms with E-state index in [0.29, 0.717) is 10.6 Å². The average molecular weight is 264 g/mol. The molecular formula is C12H10ClN3S. The highest BCUT2D eigenvalue weighted by atomic mass is 35.5. The summed E-state index contributed by atoms with van der Waals surface area (Å²) < 4.78 is 0. The molecule has 1 N–H and O–H groups in total. The van der Waals surface area contributed by atoms with Gasteiger partial charge < -0.3 is 5.32 Å². The summed E-state index contributed by atoms with van der Waals surface area (Å²) in [4.78, 5) is 4.20. The number of nitriles is 1. The first-order valence-electron chi connectivity index (χ1n) is 5.11. The van der Waals surface area contributed by atoms with Gasteiger partial charge in [0.25, 0.3) is 0 Å². The van der Waals surface area contributed by atoms with Crippen LogP contribution in [0.1, 0.15) is 10.6 Å². The molecule has 1 heterocycles. The number of thiazole rings is 1. The first kappa shape index (κ1) is 11.9. The summed E-state index contributed by atoms with van der Waals surface area (Å²) in [5.41, 5.74) is 1.38. The molecule has 0 radical (unpaired) electrons. The Bertz CT molecular complexity index is 531. The molecule has 17 heavy (non-hydrogen) atoms. The molecule has 0 bridgehead atoms. The lowest BCUT2D eigenvalue weighted by molar-refractivity contribution is 0.997. The highest BCUT2D eigenvalue weighted by molar-refractivity contribution is 7.09. The van der Waals surface area contributed by atoms with E-state index in [4.69, 9.17) is 16.9 Å². The van der Waals surface area contributed by atoms with Crippen molar-refractivity contribution in [2.75, 3.05) is 11.9 Å². The number of anilines is 1. The Hall–Kier alpha value is -1.57. The van der Waals surface area contributed by atoms with E-state index in [9.17, 15) is 0 Å². The Balaban J connectivity index is 1.99. The molecule has 3 nitrogen and oxygen atoms in total. The molecule has 5 heteroatoms. The highest BCUT2D eigenvalue weighted by Crippen LogP contribution is 2.20. The predicted octanol–water partition coefficient (Wildman–Crippen LogP) is 3.32. The van der Waals surface area contributed by atoms with E-state index >= 15 is 0 Å². The fourth-order valence-corrected chi connectivity index (χ4v) is 2.23. The fraction of sp³-hybridized carbons (Fsp3) is 0.167. The molecule has 0 amide bonds. The maximum absolute atomic E-state index is 8.95. The van der Waals surface area contributed by atoms with Gasteiger partial charge in [0.2, 0.25) is 0 Å². The molecule has 0 aliphatic heterocycles. The second-order valence-corrected chi connectivity index (χ2v) is 4.82. The van der Waals surface area contributed by atoms with Gasteiger partial charge in [-0.3, -0.25) is 0 Å². The largest absolute Gasteiger partial charge is 0.384 e. The lowest BCUT2D eigenvalue weighted by atomic mass is 10.2. The van der Waals surface area contributed by atoms with E-state index < -0.39 is 0 Å². The molecule has 0 aliphatic carbocycles. The van der Waals surface area contributed by atoms with Crippen LogP contribution in [-0.2, 0) is 6.42 Å². The molecule has 0 atom stereocenters. The van der Waals surface area contributed by atoms with Crippen LogP contribution < -0.4 is 5.32 Å². The zero-order chi connectivity index (χ0) is 12.1. The van der Waals surface area contributed by atoms with E-state index in [1.807, 2.05) is 5.38 Å². The number of aromatic nitrogens is 1. The summed E-state index contributed by atoms with van der Waals surface area (Å²) in [5, 5.41) is 15.8. The molecular weight excluding hydrogens is 254 g/mol. The molecule has 0 saturated heterocycles. The van der Waals surface area contributed by atoms with Gasteiger partial charge in [0.05, 0.1) is 16.3 Å². The third kappa shape index (κ3) is 3.19. The highest BCUT2D eigenvalue weighted by Gasteiger charge is 2.02. The van der Waals surface area contributed by atoms with Gasteiger partial charge in [0.1, 0.15) is 6.07 Å². The first-order valence-corrected chi connectivity index (χ1v) is 6.37. The van der Waals surface area contributed by atoms with Gasteiger partial charge in [-0.25, -0.2) is 4.98 Å². The van der Waals surface area contributed by atoms with Gasteiger partial charge in [-0.1, -0.05) is 11.6 Å².